The highest BCUT2D eigenvalue weighted by Crippen LogP contribution is 2.22. The third kappa shape index (κ3) is 3.85. The van der Waals surface area contributed by atoms with Gasteiger partial charge in [-0.3, -0.25) is 10.3 Å². The first-order valence-electron chi connectivity index (χ1n) is 8.13. The number of nitrogens with zero attached hydrogens (tertiary/aromatic N) is 2. The van der Waals surface area contributed by atoms with Crippen LogP contribution in [0.3, 0.4) is 0 Å². The molecule has 0 radical (unpaired) electrons. The molecule has 3 N–H and O–H groups in total. The Kier molecular flexibility index (Phi) is 5.55. The summed E-state index contributed by atoms with van der Waals surface area (Å²) in [6.45, 7) is 9.40. The van der Waals surface area contributed by atoms with E-state index in [1.807, 2.05) is 12.3 Å². The van der Waals surface area contributed by atoms with Crippen LogP contribution in [0.2, 0.25) is 0 Å². The highest BCUT2D eigenvalue weighted by Gasteiger charge is 2.28. The van der Waals surface area contributed by atoms with Crippen LogP contribution in [0.25, 0.3) is 0 Å². The molecule has 1 aromatic heterocycles. The highest BCUT2D eigenvalue weighted by atomic mass is 15.3. The number of likely N-dealkylation sites (N-methyl/N-ethyl adjacent to an activating group) is 1. The molecule has 5 nitrogen and oxygen atoms in total. The zero-order valence-corrected chi connectivity index (χ0v) is 14.0. The molecule has 0 saturated carbocycles. The van der Waals surface area contributed by atoms with Crippen molar-refractivity contribution >= 4 is 11.6 Å². The minimum absolute atomic E-state index is 0.330. The summed E-state index contributed by atoms with van der Waals surface area (Å²) >= 11 is 0. The first kappa shape index (κ1) is 16.5. The summed E-state index contributed by atoms with van der Waals surface area (Å²) in [6.07, 6.45) is 8.88. The van der Waals surface area contributed by atoms with Gasteiger partial charge < -0.3 is 10.6 Å². The molecule has 2 heterocycles. The molecule has 0 aromatic carbocycles. The molecule has 1 atom stereocenters. The van der Waals surface area contributed by atoms with Crippen molar-refractivity contribution in [3.8, 4) is 0 Å². The molecule has 120 valence electrons. The molecule has 0 fully saturated rings. The number of rotatable bonds is 6. The highest BCUT2D eigenvalue weighted by molar-refractivity contribution is 5.96. The van der Waals surface area contributed by atoms with Crippen molar-refractivity contribution in [2.45, 2.75) is 52.6 Å². The molecule has 5 heteroatoms. The maximum absolute atomic E-state index is 4.87. The van der Waals surface area contributed by atoms with Crippen LogP contribution in [-0.2, 0) is 0 Å². The average molecular weight is 301 g/mol. The van der Waals surface area contributed by atoms with Gasteiger partial charge in [0, 0.05) is 11.9 Å². The monoisotopic (exact) mass is 301 g/mol. The predicted octanol–water partition coefficient (Wildman–Crippen LogP) is 3.16. The third-order valence-corrected chi connectivity index (χ3v) is 3.84. The summed E-state index contributed by atoms with van der Waals surface area (Å²) in [4.78, 5) is 9.05. The van der Waals surface area contributed by atoms with E-state index in [0.29, 0.717) is 0 Å². The van der Waals surface area contributed by atoms with Gasteiger partial charge in [0.2, 0.25) is 5.96 Å². The van der Waals surface area contributed by atoms with Crippen molar-refractivity contribution in [1.82, 2.24) is 15.6 Å². The van der Waals surface area contributed by atoms with Crippen molar-refractivity contribution in [3.63, 3.8) is 0 Å². The van der Waals surface area contributed by atoms with Crippen LogP contribution < -0.4 is 16.0 Å². The fraction of sp³-hybridized carbons (Fsp3) is 0.529. The van der Waals surface area contributed by atoms with Crippen LogP contribution in [0, 0.1) is 6.92 Å². The van der Waals surface area contributed by atoms with Gasteiger partial charge in [-0.15, -0.1) is 0 Å². The van der Waals surface area contributed by atoms with Gasteiger partial charge in [-0.05, 0) is 44.0 Å². The van der Waals surface area contributed by atoms with Gasteiger partial charge in [-0.25, -0.2) is 4.99 Å². The van der Waals surface area contributed by atoms with Gasteiger partial charge >= 0.3 is 0 Å². The van der Waals surface area contributed by atoms with E-state index in [1.165, 1.54) is 5.70 Å². The maximum Gasteiger partial charge on any atom is 0.202 e. The van der Waals surface area contributed by atoms with Crippen molar-refractivity contribution < 1.29 is 0 Å². The Labute approximate surface area is 133 Å². The molecular formula is C17H27N5. The standard InChI is InChI=1S/C17H27N5/c1-5-8-14-11-17(6-2,19-7-3)22-16(20-14)21-15-12-18-10-9-13(15)4/h9-12,19H,5-8H2,1-4H3,(H2,20,21,22). The summed E-state index contributed by atoms with van der Waals surface area (Å²) in [5, 5.41) is 10.3. The van der Waals surface area contributed by atoms with E-state index >= 15 is 0 Å². The second-order valence-corrected chi connectivity index (χ2v) is 5.63. The Morgan fingerprint density at radius 1 is 1.27 bits per heavy atom. The average Bonchev–Trinajstić information content (AvgIpc) is 2.50. The lowest BCUT2D eigenvalue weighted by Gasteiger charge is -2.33. The fourth-order valence-corrected chi connectivity index (χ4v) is 2.62. The second kappa shape index (κ2) is 7.40. The van der Waals surface area contributed by atoms with E-state index in [9.17, 15) is 0 Å². The molecule has 1 aliphatic rings. The van der Waals surface area contributed by atoms with Crippen LogP contribution in [0.4, 0.5) is 5.69 Å². The van der Waals surface area contributed by atoms with Crippen LogP contribution in [0.1, 0.15) is 45.6 Å². The van der Waals surface area contributed by atoms with Gasteiger partial charge in [0.1, 0.15) is 5.66 Å². The number of aryl methyl sites for hydroxylation is 1. The summed E-state index contributed by atoms with van der Waals surface area (Å²) in [5.41, 5.74) is 3.01. The Balaban J connectivity index is 2.28. The van der Waals surface area contributed by atoms with E-state index in [4.69, 9.17) is 4.99 Å². The SMILES string of the molecule is CCCC1=CC(CC)(NCC)N=C(Nc2cnccc2C)N1. The normalized spacial score (nSPS) is 20.9. The minimum Gasteiger partial charge on any atom is -0.330 e. The minimum atomic E-state index is -0.330. The Morgan fingerprint density at radius 2 is 2.09 bits per heavy atom. The summed E-state index contributed by atoms with van der Waals surface area (Å²) in [7, 11) is 0. The van der Waals surface area contributed by atoms with E-state index in [-0.39, 0.29) is 5.66 Å². The van der Waals surface area contributed by atoms with E-state index in [2.05, 4.69) is 54.7 Å². The lowest BCUT2D eigenvalue weighted by atomic mass is 10.0. The molecule has 0 spiro atoms. The molecule has 2 rings (SSSR count). The topological polar surface area (TPSA) is 61.3 Å². The quantitative estimate of drug-likeness (QED) is 0.755. The van der Waals surface area contributed by atoms with Gasteiger partial charge in [0.25, 0.3) is 0 Å². The second-order valence-electron chi connectivity index (χ2n) is 5.63. The smallest absolute Gasteiger partial charge is 0.202 e. The largest absolute Gasteiger partial charge is 0.330 e. The molecular weight excluding hydrogens is 274 g/mol. The van der Waals surface area contributed by atoms with Gasteiger partial charge in [0.05, 0.1) is 11.9 Å². The third-order valence-electron chi connectivity index (χ3n) is 3.84. The molecule has 22 heavy (non-hydrogen) atoms. The molecule has 1 unspecified atom stereocenters. The lowest BCUT2D eigenvalue weighted by Crippen LogP contribution is -2.48. The Hall–Kier alpha value is -1.88. The first-order chi connectivity index (χ1) is 10.6. The van der Waals surface area contributed by atoms with Gasteiger partial charge in [-0.2, -0.15) is 0 Å². The van der Waals surface area contributed by atoms with Gasteiger partial charge in [-0.1, -0.05) is 27.2 Å². The summed E-state index contributed by atoms with van der Waals surface area (Å²) in [6, 6.07) is 1.99. The predicted molar refractivity (Wildman–Crippen MR) is 92.9 cm³/mol. The number of aliphatic imine (C=N–C) groups is 1. The number of aromatic nitrogens is 1. The van der Waals surface area contributed by atoms with E-state index in [0.717, 1.165) is 43.0 Å². The number of pyridine rings is 1. The molecule has 0 saturated heterocycles. The maximum atomic E-state index is 4.87. The number of hydrogen-bond donors (Lipinski definition) is 3. The van der Waals surface area contributed by atoms with Crippen LogP contribution in [0.15, 0.2) is 35.2 Å². The summed E-state index contributed by atoms with van der Waals surface area (Å²) in [5.74, 6) is 0.782. The van der Waals surface area contributed by atoms with Crippen molar-refractivity contribution in [2.24, 2.45) is 4.99 Å². The zero-order chi connectivity index (χ0) is 16.0. The van der Waals surface area contributed by atoms with E-state index in [1.54, 1.807) is 6.20 Å². The number of nitrogens with one attached hydrogen (secondary N) is 3. The molecule has 0 amide bonds. The van der Waals surface area contributed by atoms with Crippen molar-refractivity contribution in [2.75, 3.05) is 11.9 Å². The van der Waals surface area contributed by atoms with Crippen LogP contribution in [-0.4, -0.2) is 23.2 Å². The first-order valence-corrected chi connectivity index (χ1v) is 8.13. The molecule has 0 bridgehead atoms. The van der Waals surface area contributed by atoms with E-state index < -0.39 is 0 Å². The fourth-order valence-electron chi connectivity index (χ4n) is 2.62. The van der Waals surface area contributed by atoms with Gasteiger partial charge in [0.15, 0.2) is 0 Å². The van der Waals surface area contributed by atoms with Crippen molar-refractivity contribution in [3.05, 3.63) is 35.8 Å². The molecule has 1 aromatic rings. The summed E-state index contributed by atoms with van der Waals surface area (Å²) < 4.78 is 0. The number of anilines is 1. The molecule has 1 aliphatic heterocycles. The van der Waals surface area contributed by atoms with Crippen LogP contribution >= 0.6 is 0 Å². The Morgan fingerprint density at radius 3 is 2.73 bits per heavy atom. The van der Waals surface area contributed by atoms with Crippen molar-refractivity contribution in [1.29, 1.82) is 0 Å². The zero-order valence-electron chi connectivity index (χ0n) is 14.0. The number of guanidine groups is 1. The number of allylic oxidation sites excluding steroid dienone is 1. The lowest BCUT2D eigenvalue weighted by molar-refractivity contribution is 0.405. The van der Waals surface area contributed by atoms with Crippen LogP contribution in [0.5, 0.6) is 0 Å². The molecule has 0 aliphatic carbocycles. The Bertz CT molecular complexity index is 564. The number of hydrogen-bond acceptors (Lipinski definition) is 5.